The predicted molar refractivity (Wildman–Crippen MR) is 71.3 cm³/mol. The summed E-state index contributed by atoms with van der Waals surface area (Å²) < 4.78 is 0. The lowest BCUT2D eigenvalue weighted by Gasteiger charge is -2.06. The highest BCUT2D eigenvalue weighted by Gasteiger charge is 2.04. The molecule has 18 heavy (non-hydrogen) atoms. The first-order chi connectivity index (χ1) is 8.72. The quantitative estimate of drug-likeness (QED) is 0.735. The van der Waals surface area contributed by atoms with E-state index in [2.05, 4.69) is 10.6 Å². The van der Waals surface area contributed by atoms with Gasteiger partial charge in [-0.25, -0.2) is 0 Å². The third kappa shape index (κ3) is 6.25. The molecule has 1 aromatic carbocycles. The Kier molecular flexibility index (Phi) is 6.87. The summed E-state index contributed by atoms with van der Waals surface area (Å²) >= 11 is 5.47. The second kappa shape index (κ2) is 8.53. The molecule has 0 unspecified atom stereocenters. The fourth-order valence-electron chi connectivity index (χ4n) is 1.35. The van der Waals surface area contributed by atoms with Crippen molar-refractivity contribution in [3.63, 3.8) is 0 Å². The topological polar surface area (TPSA) is 58.2 Å². The van der Waals surface area contributed by atoms with Crippen LogP contribution in [0.4, 0.5) is 0 Å². The molecule has 0 aliphatic heterocycles. The normalized spacial score (nSPS) is 9.83. The number of nitrogens with one attached hydrogen (secondary N) is 2. The number of carbonyl (C=O) groups excluding carboxylic acids is 2. The van der Waals surface area contributed by atoms with E-state index < -0.39 is 0 Å². The maximum Gasteiger partial charge on any atom is 0.239 e. The zero-order chi connectivity index (χ0) is 13.2. The molecule has 0 aliphatic rings. The van der Waals surface area contributed by atoms with Crippen molar-refractivity contribution in [2.45, 2.75) is 19.4 Å². The molecule has 0 fully saturated rings. The van der Waals surface area contributed by atoms with Crippen LogP contribution < -0.4 is 10.6 Å². The summed E-state index contributed by atoms with van der Waals surface area (Å²) in [6.07, 6.45) is 0.981. The molecular weight excluding hydrogens is 252 g/mol. The minimum Gasteiger partial charge on any atom is -0.350 e. The van der Waals surface area contributed by atoms with Crippen molar-refractivity contribution in [3.05, 3.63) is 35.9 Å². The second-order valence-electron chi connectivity index (χ2n) is 3.83. The van der Waals surface area contributed by atoms with Crippen LogP contribution >= 0.6 is 11.6 Å². The molecule has 0 radical (unpaired) electrons. The lowest BCUT2D eigenvalue weighted by molar-refractivity contribution is -0.126. The minimum atomic E-state index is -0.196. The van der Waals surface area contributed by atoms with Gasteiger partial charge in [0.25, 0.3) is 0 Å². The van der Waals surface area contributed by atoms with E-state index in [9.17, 15) is 9.59 Å². The van der Waals surface area contributed by atoms with Crippen LogP contribution in [0.1, 0.15) is 18.4 Å². The molecule has 98 valence electrons. The molecular formula is C13H17ClN2O2. The SMILES string of the molecule is O=C(CCCCl)NCC(=O)NCc1ccccc1. The summed E-state index contributed by atoms with van der Waals surface area (Å²) in [4.78, 5) is 22.7. The van der Waals surface area contributed by atoms with Crippen LogP contribution in [-0.4, -0.2) is 24.2 Å². The molecule has 0 bridgehead atoms. The number of benzene rings is 1. The van der Waals surface area contributed by atoms with Crippen LogP contribution in [0.25, 0.3) is 0 Å². The van der Waals surface area contributed by atoms with Gasteiger partial charge in [-0.15, -0.1) is 11.6 Å². The smallest absolute Gasteiger partial charge is 0.239 e. The number of alkyl halides is 1. The molecule has 1 aromatic rings. The molecule has 0 aromatic heterocycles. The zero-order valence-corrected chi connectivity index (χ0v) is 10.9. The van der Waals surface area contributed by atoms with Gasteiger partial charge in [0, 0.05) is 18.8 Å². The highest BCUT2D eigenvalue weighted by molar-refractivity contribution is 6.17. The van der Waals surface area contributed by atoms with E-state index in [0.717, 1.165) is 5.56 Å². The number of hydrogen-bond acceptors (Lipinski definition) is 2. The summed E-state index contributed by atoms with van der Waals surface area (Å²) in [6, 6.07) is 9.60. The van der Waals surface area contributed by atoms with Crippen molar-refractivity contribution in [1.82, 2.24) is 10.6 Å². The first-order valence-corrected chi connectivity index (χ1v) is 6.39. The minimum absolute atomic E-state index is 0.00789. The van der Waals surface area contributed by atoms with Gasteiger partial charge in [0.1, 0.15) is 0 Å². The summed E-state index contributed by atoms with van der Waals surface area (Å²) in [5.41, 5.74) is 1.03. The zero-order valence-electron chi connectivity index (χ0n) is 10.1. The third-order valence-corrected chi connectivity index (χ3v) is 2.58. The van der Waals surface area contributed by atoms with E-state index in [0.29, 0.717) is 25.3 Å². The van der Waals surface area contributed by atoms with Crippen molar-refractivity contribution >= 4 is 23.4 Å². The van der Waals surface area contributed by atoms with Gasteiger partial charge in [-0.1, -0.05) is 30.3 Å². The Labute approximate surface area is 112 Å². The molecule has 0 spiro atoms. The van der Waals surface area contributed by atoms with Gasteiger partial charge >= 0.3 is 0 Å². The van der Waals surface area contributed by atoms with Crippen LogP contribution in [0.3, 0.4) is 0 Å². The molecule has 1 rings (SSSR count). The average molecular weight is 269 g/mol. The van der Waals surface area contributed by atoms with Gasteiger partial charge in [-0.05, 0) is 12.0 Å². The Hall–Kier alpha value is -1.55. The fraction of sp³-hybridized carbons (Fsp3) is 0.385. The molecule has 0 saturated heterocycles. The monoisotopic (exact) mass is 268 g/mol. The van der Waals surface area contributed by atoms with E-state index in [4.69, 9.17) is 11.6 Å². The molecule has 0 atom stereocenters. The van der Waals surface area contributed by atoms with Gasteiger partial charge < -0.3 is 10.6 Å². The van der Waals surface area contributed by atoms with Crippen LogP contribution in [-0.2, 0) is 16.1 Å². The standard InChI is InChI=1S/C13H17ClN2O2/c14-8-4-7-12(17)16-10-13(18)15-9-11-5-2-1-3-6-11/h1-3,5-6H,4,7-10H2,(H,15,18)(H,16,17). The fourth-order valence-corrected chi connectivity index (χ4v) is 1.49. The highest BCUT2D eigenvalue weighted by Crippen LogP contribution is 1.96. The molecule has 2 N–H and O–H groups in total. The number of rotatable bonds is 7. The Balaban J connectivity index is 2.16. The summed E-state index contributed by atoms with van der Waals surface area (Å²) in [6.45, 7) is 0.477. The van der Waals surface area contributed by atoms with Crippen LogP contribution in [0.5, 0.6) is 0 Å². The molecule has 0 heterocycles. The maximum atomic E-state index is 11.4. The van der Waals surface area contributed by atoms with Gasteiger partial charge in [-0.2, -0.15) is 0 Å². The number of halogens is 1. The molecule has 5 heteroatoms. The van der Waals surface area contributed by atoms with Crippen LogP contribution in [0.2, 0.25) is 0 Å². The predicted octanol–water partition coefficient (Wildman–Crippen LogP) is 1.44. The third-order valence-electron chi connectivity index (χ3n) is 2.32. The molecule has 0 saturated carbocycles. The average Bonchev–Trinajstić information content (AvgIpc) is 2.41. The van der Waals surface area contributed by atoms with Gasteiger partial charge in [-0.3, -0.25) is 9.59 Å². The number of hydrogen-bond donors (Lipinski definition) is 2. The van der Waals surface area contributed by atoms with E-state index in [-0.39, 0.29) is 18.4 Å². The lowest BCUT2D eigenvalue weighted by atomic mass is 10.2. The van der Waals surface area contributed by atoms with E-state index >= 15 is 0 Å². The largest absolute Gasteiger partial charge is 0.350 e. The van der Waals surface area contributed by atoms with Crippen LogP contribution in [0, 0.1) is 0 Å². The van der Waals surface area contributed by atoms with Gasteiger partial charge in [0.2, 0.25) is 11.8 Å². The molecule has 2 amide bonds. The Morgan fingerprint density at radius 3 is 2.44 bits per heavy atom. The van der Waals surface area contributed by atoms with E-state index in [1.54, 1.807) is 0 Å². The van der Waals surface area contributed by atoms with Crippen molar-refractivity contribution in [3.8, 4) is 0 Å². The Morgan fingerprint density at radius 1 is 1.06 bits per heavy atom. The number of amides is 2. The summed E-state index contributed by atoms with van der Waals surface area (Å²) in [7, 11) is 0. The molecule has 4 nitrogen and oxygen atoms in total. The molecule has 0 aliphatic carbocycles. The maximum absolute atomic E-state index is 11.4. The van der Waals surface area contributed by atoms with Gasteiger partial charge in [0.05, 0.1) is 6.54 Å². The van der Waals surface area contributed by atoms with Crippen molar-refractivity contribution < 1.29 is 9.59 Å². The van der Waals surface area contributed by atoms with E-state index in [1.165, 1.54) is 0 Å². The Morgan fingerprint density at radius 2 is 1.78 bits per heavy atom. The first kappa shape index (κ1) is 14.5. The second-order valence-corrected chi connectivity index (χ2v) is 4.21. The van der Waals surface area contributed by atoms with Crippen molar-refractivity contribution in [2.75, 3.05) is 12.4 Å². The summed E-state index contributed by atoms with van der Waals surface area (Å²) in [5.74, 6) is 0.108. The van der Waals surface area contributed by atoms with E-state index in [1.807, 2.05) is 30.3 Å². The Bertz CT molecular complexity index is 382. The van der Waals surface area contributed by atoms with Crippen molar-refractivity contribution in [2.24, 2.45) is 0 Å². The lowest BCUT2D eigenvalue weighted by Crippen LogP contribution is -2.36. The van der Waals surface area contributed by atoms with Crippen molar-refractivity contribution in [1.29, 1.82) is 0 Å². The number of carbonyl (C=O) groups is 2. The van der Waals surface area contributed by atoms with Gasteiger partial charge in [0.15, 0.2) is 0 Å². The summed E-state index contributed by atoms with van der Waals surface area (Å²) in [5, 5.41) is 5.27. The first-order valence-electron chi connectivity index (χ1n) is 5.85. The van der Waals surface area contributed by atoms with Crippen LogP contribution in [0.15, 0.2) is 30.3 Å². The highest BCUT2D eigenvalue weighted by atomic mass is 35.5.